The van der Waals surface area contributed by atoms with E-state index < -0.39 is 23.4 Å². The van der Waals surface area contributed by atoms with E-state index in [0.717, 1.165) is 11.8 Å². The van der Waals surface area contributed by atoms with Gasteiger partial charge in [-0.3, -0.25) is 24.4 Å². The first kappa shape index (κ1) is 23.3. The summed E-state index contributed by atoms with van der Waals surface area (Å²) in [6, 6.07) is 13.0. The Morgan fingerprint density at radius 1 is 1.15 bits per heavy atom. The van der Waals surface area contributed by atoms with E-state index in [1.165, 1.54) is 11.7 Å². The number of benzene rings is 2. The van der Waals surface area contributed by atoms with Gasteiger partial charge in [0, 0.05) is 6.54 Å². The van der Waals surface area contributed by atoms with Crippen molar-refractivity contribution in [1.82, 2.24) is 25.3 Å². The zero-order valence-electron chi connectivity index (χ0n) is 18.8. The minimum atomic E-state index is -1.34. The first-order chi connectivity index (χ1) is 16.3. The lowest BCUT2D eigenvalue weighted by atomic mass is 9.92. The van der Waals surface area contributed by atoms with Gasteiger partial charge in [0.25, 0.3) is 11.5 Å². The minimum absolute atomic E-state index is 0.152. The van der Waals surface area contributed by atoms with E-state index in [2.05, 4.69) is 15.7 Å². The van der Waals surface area contributed by atoms with Crippen molar-refractivity contribution in [3.63, 3.8) is 0 Å². The largest absolute Gasteiger partial charge is 0.497 e. The molecule has 176 valence electrons. The Morgan fingerprint density at radius 2 is 1.85 bits per heavy atom. The fourth-order valence-electron chi connectivity index (χ4n) is 3.68. The van der Waals surface area contributed by atoms with Crippen LogP contribution in [0.15, 0.2) is 58.5 Å². The predicted octanol–water partition coefficient (Wildman–Crippen LogP) is 2.02. The summed E-state index contributed by atoms with van der Waals surface area (Å²) in [6.07, 6.45) is 0. The van der Waals surface area contributed by atoms with E-state index in [-0.39, 0.29) is 11.3 Å². The van der Waals surface area contributed by atoms with Gasteiger partial charge in [-0.2, -0.15) is 5.01 Å². The molecule has 11 heteroatoms. The summed E-state index contributed by atoms with van der Waals surface area (Å²) in [5.41, 5.74) is 1.90. The smallest absolute Gasteiger partial charge is 0.344 e. The molecule has 4 rings (SSSR count). The highest BCUT2D eigenvalue weighted by molar-refractivity contribution is 7.99. The van der Waals surface area contributed by atoms with Crippen molar-refractivity contribution in [1.29, 1.82) is 0 Å². The van der Waals surface area contributed by atoms with Crippen molar-refractivity contribution < 1.29 is 19.1 Å². The number of nitrogens with one attached hydrogen (secondary N) is 2. The number of hydrazine groups is 1. The molecule has 1 atom stereocenters. The number of hydrogen-bond acceptors (Lipinski definition) is 7. The summed E-state index contributed by atoms with van der Waals surface area (Å²) >= 11 is 1.05. The number of para-hydroxylation sites is 1. The molecule has 2 aromatic carbocycles. The van der Waals surface area contributed by atoms with E-state index in [0.29, 0.717) is 38.9 Å². The number of methoxy groups -OCH3 is 1. The van der Waals surface area contributed by atoms with Crippen LogP contribution in [-0.4, -0.2) is 45.3 Å². The standard InChI is InChI=1S/C23H23N5O5S/c1-4-27-19(30)16-7-5-6-8-17(16)24-22(27)34-13-18(29)26-28-20(31)23(2,25-21(28)32)14-9-11-15(33-3)12-10-14/h5-12H,4,13H2,1-3H3,(H,25,32)(H,26,29)/t23-/m0/s1. The van der Waals surface area contributed by atoms with E-state index in [1.807, 2.05) is 6.92 Å². The molecule has 2 N–H and O–H groups in total. The molecule has 0 saturated carbocycles. The molecule has 0 radical (unpaired) electrons. The van der Waals surface area contributed by atoms with Crippen LogP contribution in [0.4, 0.5) is 4.79 Å². The van der Waals surface area contributed by atoms with Gasteiger partial charge in [-0.25, -0.2) is 9.78 Å². The number of aromatic nitrogens is 2. The molecule has 10 nitrogen and oxygen atoms in total. The van der Waals surface area contributed by atoms with E-state index in [9.17, 15) is 19.2 Å². The van der Waals surface area contributed by atoms with Crippen molar-refractivity contribution in [2.45, 2.75) is 31.1 Å². The van der Waals surface area contributed by atoms with Gasteiger partial charge in [-0.05, 0) is 43.7 Å². The Labute approximate surface area is 199 Å². The third-order valence-electron chi connectivity index (χ3n) is 5.57. The normalized spacial score (nSPS) is 17.7. The van der Waals surface area contributed by atoms with Crippen molar-refractivity contribution in [2.24, 2.45) is 0 Å². The molecular weight excluding hydrogens is 458 g/mol. The molecule has 0 spiro atoms. The van der Waals surface area contributed by atoms with Gasteiger partial charge >= 0.3 is 6.03 Å². The summed E-state index contributed by atoms with van der Waals surface area (Å²) < 4.78 is 6.61. The molecular formula is C23H23N5O5S. The molecule has 0 bridgehead atoms. The van der Waals surface area contributed by atoms with Crippen LogP contribution in [0.25, 0.3) is 10.9 Å². The number of fused-ring (bicyclic) bond motifs is 1. The molecule has 34 heavy (non-hydrogen) atoms. The zero-order chi connectivity index (χ0) is 24.5. The van der Waals surface area contributed by atoms with Crippen LogP contribution < -0.4 is 21.0 Å². The van der Waals surface area contributed by atoms with Crippen molar-refractivity contribution in [2.75, 3.05) is 12.9 Å². The maximum absolute atomic E-state index is 13.0. The number of thioether (sulfide) groups is 1. The minimum Gasteiger partial charge on any atom is -0.497 e. The van der Waals surface area contributed by atoms with Gasteiger partial charge in [-0.1, -0.05) is 36.0 Å². The molecule has 2 heterocycles. The molecule has 0 unspecified atom stereocenters. The number of ether oxygens (including phenoxy) is 1. The molecule has 0 aliphatic carbocycles. The third kappa shape index (κ3) is 4.10. The molecule has 4 amide bonds. The number of imide groups is 1. The van der Waals surface area contributed by atoms with Crippen LogP contribution in [0.5, 0.6) is 5.75 Å². The van der Waals surface area contributed by atoms with E-state index in [1.54, 1.807) is 55.5 Å². The van der Waals surface area contributed by atoms with Gasteiger partial charge in [0.05, 0.1) is 23.8 Å². The first-order valence-electron chi connectivity index (χ1n) is 10.5. The lowest BCUT2D eigenvalue weighted by molar-refractivity contribution is -0.138. The highest BCUT2D eigenvalue weighted by atomic mass is 32.2. The van der Waals surface area contributed by atoms with Crippen molar-refractivity contribution in [3.05, 3.63) is 64.4 Å². The second-order valence-electron chi connectivity index (χ2n) is 7.71. The molecule has 1 aliphatic rings. The van der Waals surface area contributed by atoms with Gasteiger partial charge in [0.15, 0.2) is 5.16 Å². The monoisotopic (exact) mass is 481 g/mol. The maximum atomic E-state index is 13.0. The maximum Gasteiger partial charge on any atom is 0.344 e. The summed E-state index contributed by atoms with van der Waals surface area (Å²) in [5.74, 6) is -0.742. The Bertz CT molecular complexity index is 1340. The van der Waals surface area contributed by atoms with Gasteiger partial charge in [0.1, 0.15) is 11.3 Å². The van der Waals surface area contributed by atoms with Crippen LogP contribution in [0.2, 0.25) is 0 Å². The molecule has 1 aliphatic heterocycles. The van der Waals surface area contributed by atoms with Gasteiger partial charge < -0.3 is 10.1 Å². The lowest BCUT2D eigenvalue weighted by Gasteiger charge is -2.22. The number of carbonyl (C=O) groups excluding carboxylic acids is 3. The quantitative estimate of drug-likeness (QED) is 0.301. The average Bonchev–Trinajstić information content (AvgIpc) is 3.06. The topological polar surface area (TPSA) is 123 Å². The Morgan fingerprint density at radius 3 is 2.53 bits per heavy atom. The summed E-state index contributed by atoms with van der Waals surface area (Å²) in [7, 11) is 1.53. The van der Waals surface area contributed by atoms with Crippen molar-refractivity contribution >= 4 is 40.5 Å². The number of amides is 4. The summed E-state index contributed by atoms with van der Waals surface area (Å²) in [4.78, 5) is 55.3. The molecule has 3 aromatic rings. The molecule has 1 saturated heterocycles. The van der Waals surface area contributed by atoms with E-state index in [4.69, 9.17) is 4.74 Å². The zero-order valence-corrected chi connectivity index (χ0v) is 19.6. The fourth-order valence-corrected chi connectivity index (χ4v) is 4.54. The number of rotatable bonds is 7. The summed E-state index contributed by atoms with van der Waals surface area (Å²) in [6.45, 7) is 3.76. The Balaban J connectivity index is 1.48. The van der Waals surface area contributed by atoms with Crippen LogP contribution in [0.3, 0.4) is 0 Å². The highest BCUT2D eigenvalue weighted by Gasteiger charge is 2.50. The number of hydrogen-bond donors (Lipinski definition) is 2. The Kier molecular flexibility index (Phi) is 6.29. The second kappa shape index (κ2) is 9.18. The first-order valence-corrected chi connectivity index (χ1v) is 11.5. The molecule has 1 aromatic heterocycles. The second-order valence-corrected chi connectivity index (χ2v) is 8.65. The number of urea groups is 1. The Hall–Kier alpha value is -3.86. The highest BCUT2D eigenvalue weighted by Crippen LogP contribution is 2.29. The van der Waals surface area contributed by atoms with Gasteiger partial charge in [-0.15, -0.1) is 0 Å². The predicted molar refractivity (Wildman–Crippen MR) is 126 cm³/mol. The fraction of sp³-hybridized carbons (Fsp3) is 0.261. The van der Waals surface area contributed by atoms with Crippen LogP contribution >= 0.6 is 11.8 Å². The lowest BCUT2D eigenvalue weighted by Crippen LogP contribution is -2.48. The van der Waals surface area contributed by atoms with Crippen molar-refractivity contribution in [3.8, 4) is 5.75 Å². The van der Waals surface area contributed by atoms with E-state index >= 15 is 0 Å². The number of carbonyl (C=O) groups is 3. The third-order valence-corrected chi connectivity index (χ3v) is 6.55. The number of nitrogens with zero attached hydrogens (tertiary/aromatic N) is 3. The van der Waals surface area contributed by atoms with Crippen LogP contribution in [-0.2, 0) is 21.7 Å². The summed E-state index contributed by atoms with van der Waals surface area (Å²) in [5, 5.41) is 4.17. The average molecular weight is 482 g/mol. The van der Waals surface area contributed by atoms with Gasteiger partial charge in [0.2, 0.25) is 5.91 Å². The molecule has 1 fully saturated rings. The SMILES string of the molecule is CCn1c(SCC(=O)NN2C(=O)N[C@@](C)(c3ccc(OC)cc3)C2=O)nc2ccccc2c1=O. The van der Waals surface area contributed by atoms with Crippen LogP contribution in [0.1, 0.15) is 19.4 Å². The van der Waals surface area contributed by atoms with Crippen LogP contribution in [0, 0.1) is 0 Å².